The molecule has 0 spiro atoms. The molecule has 8 bridgehead atoms. The lowest BCUT2D eigenvalue weighted by Crippen LogP contribution is -1.94. The van der Waals surface area contributed by atoms with Gasteiger partial charge in [-0.1, -0.05) is 60.7 Å². The van der Waals surface area contributed by atoms with Crippen molar-refractivity contribution in [3.8, 4) is 22.3 Å². The third-order valence-corrected chi connectivity index (χ3v) is 6.96. The molecular weight excluding hydrogens is 468 g/mol. The van der Waals surface area contributed by atoms with Gasteiger partial charge in [0.1, 0.15) is 0 Å². The highest BCUT2D eigenvalue weighted by atomic mass is 16.3. The van der Waals surface area contributed by atoms with Crippen LogP contribution in [0.25, 0.3) is 68.6 Å². The largest absolute Gasteiger partial charge is 0.392 e. The predicted octanol–water partition coefficient (Wildman–Crippen LogP) is 7.48. The number of H-pyrrole nitrogens is 2. The molecule has 2 aliphatic rings. The quantitative estimate of drug-likeness (QED) is 0.239. The number of nitrogens with zero attached hydrogens (tertiary/aromatic N) is 2. The van der Waals surface area contributed by atoms with Crippen molar-refractivity contribution in [3.05, 3.63) is 119 Å². The van der Waals surface area contributed by atoms with E-state index in [4.69, 9.17) is 9.97 Å². The van der Waals surface area contributed by atoms with Gasteiger partial charge in [0, 0.05) is 38.8 Å². The number of rotatable bonds is 3. The number of hydrogen-bond donors (Lipinski definition) is 3. The van der Waals surface area contributed by atoms with Crippen molar-refractivity contribution < 1.29 is 5.11 Å². The predicted molar refractivity (Wildman–Crippen MR) is 156 cm³/mol. The molecular formula is C33H24N4O. The molecule has 0 unspecified atom stereocenters. The molecule has 0 saturated carbocycles. The van der Waals surface area contributed by atoms with Crippen LogP contribution in [0.5, 0.6) is 0 Å². The molecule has 38 heavy (non-hydrogen) atoms. The maximum absolute atomic E-state index is 10.4. The minimum Gasteiger partial charge on any atom is -0.392 e. The van der Waals surface area contributed by atoms with Crippen LogP contribution in [-0.2, 0) is 6.61 Å². The highest BCUT2D eigenvalue weighted by Crippen LogP contribution is 2.33. The van der Waals surface area contributed by atoms with Gasteiger partial charge in [-0.05, 0) is 65.8 Å². The maximum atomic E-state index is 10.4. The van der Waals surface area contributed by atoms with E-state index in [1.165, 1.54) is 0 Å². The van der Waals surface area contributed by atoms with E-state index in [0.717, 1.165) is 67.1 Å². The van der Waals surface area contributed by atoms with Crippen LogP contribution in [-0.4, -0.2) is 25.0 Å². The second kappa shape index (κ2) is 9.14. The van der Waals surface area contributed by atoms with Crippen molar-refractivity contribution in [2.45, 2.75) is 6.61 Å². The Morgan fingerprint density at radius 1 is 0.526 bits per heavy atom. The number of aromatic amines is 2. The van der Waals surface area contributed by atoms with Gasteiger partial charge in [0.2, 0.25) is 0 Å². The van der Waals surface area contributed by atoms with Crippen molar-refractivity contribution in [1.29, 1.82) is 0 Å². The Labute approximate surface area is 219 Å². The zero-order valence-electron chi connectivity index (χ0n) is 20.5. The number of benzene rings is 2. The van der Waals surface area contributed by atoms with Crippen molar-refractivity contribution >= 4 is 46.4 Å². The first-order valence-electron chi connectivity index (χ1n) is 12.6. The SMILES string of the molecule is OCc1c2nc(c(-c3ccccc3)c3ccc(cc4ccc([nH]4)c(-c4ccccc4)c4nc1C=C4)[nH]3)C=C2. The van der Waals surface area contributed by atoms with Crippen molar-refractivity contribution in [2.75, 3.05) is 0 Å². The summed E-state index contributed by atoms with van der Waals surface area (Å²) in [4.78, 5) is 17.1. The second-order valence-corrected chi connectivity index (χ2v) is 9.35. The molecule has 5 aromatic rings. The minimum atomic E-state index is -0.164. The van der Waals surface area contributed by atoms with E-state index < -0.39 is 0 Å². The van der Waals surface area contributed by atoms with E-state index in [1.54, 1.807) is 0 Å². The monoisotopic (exact) mass is 492 g/mol. The van der Waals surface area contributed by atoms with Crippen LogP contribution in [0.3, 0.4) is 0 Å². The number of aliphatic hydroxyl groups is 1. The Hall–Kier alpha value is -5.00. The average molecular weight is 493 g/mol. The fourth-order valence-corrected chi connectivity index (χ4v) is 5.18. The fraction of sp³-hybridized carbons (Fsp3) is 0.0303. The third-order valence-electron chi connectivity index (χ3n) is 6.96. The van der Waals surface area contributed by atoms with Gasteiger partial charge in [-0.15, -0.1) is 0 Å². The summed E-state index contributed by atoms with van der Waals surface area (Å²) in [7, 11) is 0. The summed E-state index contributed by atoms with van der Waals surface area (Å²) in [6.45, 7) is -0.164. The molecule has 5 heterocycles. The van der Waals surface area contributed by atoms with Gasteiger partial charge in [0.15, 0.2) is 0 Å². The lowest BCUT2D eigenvalue weighted by molar-refractivity contribution is 0.280. The van der Waals surface area contributed by atoms with Crippen LogP contribution in [0.1, 0.15) is 28.3 Å². The van der Waals surface area contributed by atoms with Gasteiger partial charge in [0.05, 0.1) is 29.4 Å². The van der Waals surface area contributed by atoms with E-state index in [9.17, 15) is 5.11 Å². The summed E-state index contributed by atoms with van der Waals surface area (Å²) in [6, 6.07) is 31.0. The van der Waals surface area contributed by atoms with Crippen molar-refractivity contribution in [1.82, 2.24) is 19.9 Å². The van der Waals surface area contributed by atoms with E-state index in [2.05, 4.69) is 64.6 Å². The zero-order chi connectivity index (χ0) is 25.5. The van der Waals surface area contributed by atoms with Gasteiger partial charge >= 0.3 is 0 Å². The van der Waals surface area contributed by atoms with E-state index in [-0.39, 0.29) is 6.61 Å². The normalized spacial score (nSPS) is 12.2. The Bertz CT molecular complexity index is 1760. The molecule has 0 amide bonds. The molecule has 2 aliphatic heterocycles. The average Bonchev–Trinajstić information content (AvgIpc) is 3.77. The van der Waals surface area contributed by atoms with Crippen LogP contribution < -0.4 is 0 Å². The molecule has 0 saturated heterocycles. The molecule has 0 aliphatic carbocycles. The number of fused-ring (bicyclic) bond motifs is 8. The van der Waals surface area contributed by atoms with Gasteiger partial charge in [-0.25, -0.2) is 9.97 Å². The first kappa shape index (κ1) is 22.2. The van der Waals surface area contributed by atoms with Gasteiger partial charge in [-0.3, -0.25) is 0 Å². The lowest BCUT2D eigenvalue weighted by atomic mass is 10.0. The molecule has 0 atom stereocenters. The lowest BCUT2D eigenvalue weighted by Gasteiger charge is -2.04. The summed E-state index contributed by atoms with van der Waals surface area (Å²) in [5, 5.41) is 10.4. The number of nitrogens with one attached hydrogen (secondary N) is 2. The van der Waals surface area contributed by atoms with E-state index in [0.29, 0.717) is 5.56 Å². The van der Waals surface area contributed by atoms with Crippen molar-refractivity contribution in [2.24, 2.45) is 0 Å². The van der Waals surface area contributed by atoms with Gasteiger partial charge in [-0.2, -0.15) is 0 Å². The summed E-state index contributed by atoms with van der Waals surface area (Å²) < 4.78 is 0. The highest BCUT2D eigenvalue weighted by Gasteiger charge is 2.16. The third kappa shape index (κ3) is 3.86. The van der Waals surface area contributed by atoms with E-state index >= 15 is 0 Å². The smallest absolute Gasteiger partial charge is 0.0737 e. The Balaban J connectivity index is 1.62. The second-order valence-electron chi connectivity index (χ2n) is 9.35. The van der Waals surface area contributed by atoms with Crippen molar-refractivity contribution in [3.63, 3.8) is 0 Å². The standard InChI is InChI=1S/C33H24N4O/c38-20-25-26-15-17-30(36-26)32(21-7-3-1-4-8-21)28-13-11-23(34-28)19-24-12-14-29(35-24)33(22-9-5-2-6-10-22)31-18-16-27(25)37-31/h1-19,34-35,38H,20H2. The molecule has 0 fully saturated rings. The van der Waals surface area contributed by atoms with Crippen LogP contribution in [0.4, 0.5) is 0 Å². The summed E-state index contributed by atoms with van der Waals surface area (Å²) in [6.07, 6.45) is 7.95. The number of hydrogen-bond acceptors (Lipinski definition) is 3. The van der Waals surface area contributed by atoms with Crippen LogP contribution >= 0.6 is 0 Å². The summed E-state index contributed by atoms with van der Waals surface area (Å²) in [5.41, 5.74) is 11.9. The Morgan fingerprint density at radius 2 is 0.974 bits per heavy atom. The molecule has 3 aromatic heterocycles. The fourth-order valence-electron chi connectivity index (χ4n) is 5.18. The molecule has 0 radical (unpaired) electrons. The summed E-state index contributed by atoms with van der Waals surface area (Å²) >= 11 is 0. The summed E-state index contributed by atoms with van der Waals surface area (Å²) in [5.74, 6) is 0. The molecule has 2 aromatic carbocycles. The molecule has 5 nitrogen and oxygen atoms in total. The van der Waals surface area contributed by atoms with Crippen LogP contribution in [0, 0.1) is 0 Å². The van der Waals surface area contributed by atoms with E-state index in [1.807, 2.05) is 60.7 Å². The zero-order valence-corrected chi connectivity index (χ0v) is 20.5. The molecule has 7 rings (SSSR count). The Kier molecular flexibility index (Phi) is 5.34. The first-order valence-corrected chi connectivity index (χ1v) is 12.6. The van der Waals surface area contributed by atoms with Gasteiger partial charge < -0.3 is 15.1 Å². The maximum Gasteiger partial charge on any atom is 0.0737 e. The number of aliphatic hydroxyl groups excluding tert-OH is 1. The highest BCUT2D eigenvalue weighted by molar-refractivity contribution is 5.93. The molecule has 5 heteroatoms. The van der Waals surface area contributed by atoms with Crippen LogP contribution in [0.15, 0.2) is 91.0 Å². The Morgan fingerprint density at radius 3 is 1.42 bits per heavy atom. The minimum absolute atomic E-state index is 0.164. The first-order chi connectivity index (χ1) is 18.8. The topological polar surface area (TPSA) is 77.6 Å². The number of aromatic nitrogens is 4. The molecule has 182 valence electrons. The van der Waals surface area contributed by atoms with Gasteiger partial charge in [0.25, 0.3) is 0 Å². The molecule has 3 N–H and O–H groups in total. The van der Waals surface area contributed by atoms with Crippen LogP contribution in [0.2, 0.25) is 0 Å².